The van der Waals surface area contributed by atoms with Crippen LogP contribution in [0.3, 0.4) is 0 Å². The zero-order chi connectivity index (χ0) is 14.6. The second-order valence-electron chi connectivity index (χ2n) is 5.60. The van der Waals surface area contributed by atoms with E-state index in [9.17, 15) is 18.0 Å². The highest BCUT2D eigenvalue weighted by Gasteiger charge is 2.42. The number of rotatable bonds is 3. The predicted octanol–water partition coefficient (Wildman–Crippen LogP) is 2.02. The maximum atomic E-state index is 12.7. The van der Waals surface area contributed by atoms with Gasteiger partial charge in [0.1, 0.15) is 0 Å². The molecular formula is C13H22ClF3N2O2. The fraction of sp³-hybridized carbons (Fsp3) is 0.923. The van der Waals surface area contributed by atoms with Gasteiger partial charge in [0, 0.05) is 25.0 Å². The number of nitrogens with one attached hydrogen (secondary N) is 2. The molecule has 3 atom stereocenters. The Hall–Kier alpha value is -0.530. The number of halogens is 4. The highest BCUT2D eigenvalue weighted by Crippen LogP contribution is 2.37. The van der Waals surface area contributed by atoms with E-state index < -0.39 is 12.1 Å². The van der Waals surface area contributed by atoms with Crippen molar-refractivity contribution in [2.75, 3.05) is 19.8 Å². The number of morpholine rings is 1. The molecule has 0 bridgehead atoms. The first-order valence-corrected chi connectivity index (χ1v) is 7.12. The van der Waals surface area contributed by atoms with Crippen LogP contribution < -0.4 is 10.6 Å². The van der Waals surface area contributed by atoms with Crippen molar-refractivity contribution in [2.24, 2.45) is 5.92 Å². The van der Waals surface area contributed by atoms with Crippen LogP contribution >= 0.6 is 12.4 Å². The third kappa shape index (κ3) is 6.00. The summed E-state index contributed by atoms with van der Waals surface area (Å²) in [6.07, 6.45) is -2.57. The zero-order valence-electron chi connectivity index (χ0n) is 11.7. The lowest BCUT2D eigenvalue weighted by atomic mass is 9.85. The Kier molecular flexibility index (Phi) is 7.23. The van der Waals surface area contributed by atoms with Crippen LogP contribution in [-0.2, 0) is 9.53 Å². The summed E-state index contributed by atoms with van der Waals surface area (Å²) in [4.78, 5) is 11.8. The maximum Gasteiger partial charge on any atom is 0.391 e. The Morgan fingerprint density at radius 3 is 2.71 bits per heavy atom. The minimum atomic E-state index is -4.15. The van der Waals surface area contributed by atoms with E-state index in [-0.39, 0.29) is 49.7 Å². The van der Waals surface area contributed by atoms with Crippen LogP contribution in [0.5, 0.6) is 0 Å². The van der Waals surface area contributed by atoms with Crippen LogP contribution in [-0.4, -0.2) is 43.9 Å². The Morgan fingerprint density at radius 2 is 2.10 bits per heavy atom. The van der Waals surface area contributed by atoms with Gasteiger partial charge in [0.15, 0.2) is 0 Å². The molecule has 2 N–H and O–H groups in total. The molecule has 1 saturated heterocycles. The fourth-order valence-corrected chi connectivity index (χ4v) is 2.88. The largest absolute Gasteiger partial charge is 0.391 e. The number of alkyl halides is 3. The van der Waals surface area contributed by atoms with Crippen molar-refractivity contribution in [3.05, 3.63) is 0 Å². The van der Waals surface area contributed by atoms with Gasteiger partial charge in [-0.15, -0.1) is 12.4 Å². The van der Waals surface area contributed by atoms with Gasteiger partial charge in [-0.3, -0.25) is 4.79 Å². The van der Waals surface area contributed by atoms with Crippen LogP contribution in [0.2, 0.25) is 0 Å². The molecule has 0 radical (unpaired) electrons. The molecule has 1 heterocycles. The van der Waals surface area contributed by atoms with Crippen molar-refractivity contribution < 1.29 is 22.7 Å². The molecule has 2 aliphatic rings. The number of carbonyl (C=O) groups excluding carboxylic acids is 1. The second-order valence-corrected chi connectivity index (χ2v) is 5.60. The van der Waals surface area contributed by atoms with Gasteiger partial charge in [-0.25, -0.2) is 0 Å². The lowest BCUT2D eigenvalue weighted by Gasteiger charge is -2.31. The van der Waals surface area contributed by atoms with Crippen molar-refractivity contribution in [3.8, 4) is 0 Å². The van der Waals surface area contributed by atoms with E-state index >= 15 is 0 Å². The summed E-state index contributed by atoms with van der Waals surface area (Å²) in [6, 6.07) is -0.391. The quantitative estimate of drug-likeness (QED) is 0.832. The van der Waals surface area contributed by atoms with E-state index in [0.29, 0.717) is 32.6 Å². The smallest absolute Gasteiger partial charge is 0.378 e. The van der Waals surface area contributed by atoms with Gasteiger partial charge in [-0.05, 0) is 19.3 Å². The monoisotopic (exact) mass is 330 g/mol. The van der Waals surface area contributed by atoms with Crippen LogP contribution in [0.1, 0.15) is 32.1 Å². The molecule has 0 aromatic rings. The molecule has 124 valence electrons. The highest BCUT2D eigenvalue weighted by molar-refractivity contribution is 5.85. The first-order valence-electron chi connectivity index (χ1n) is 7.12. The Labute approximate surface area is 128 Å². The normalized spacial score (nSPS) is 30.3. The molecular weight excluding hydrogens is 309 g/mol. The number of ether oxygens (including phenoxy) is 1. The average Bonchev–Trinajstić information content (AvgIpc) is 2.39. The molecule has 4 nitrogen and oxygen atoms in total. The summed E-state index contributed by atoms with van der Waals surface area (Å²) in [7, 11) is 0. The maximum absolute atomic E-state index is 12.7. The molecule has 1 amide bonds. The number of hydrogen-bond acceptors (Lipinski definition) is 3. The van der Waals surface area contributed by atoms with E-state index in [4.69, 9.17) is 4.74 Å². The van der Waals surface area contributed by atoms with Gasteiger partial charge in [-0.2, -0.15) is 13.2 Å². The molecule has 3 unspecified atom stereocenters. The lowest BCUT2D eigenvalue weighted by Crippen LogP contribution is -2.47. The van der Waals surface area contributed by atoms with E-state index in [0.717, 1.165) is 0 Å². The first-order chi connectivity index (χ1) is 9.45. The van der Waals surface area contributed by atoms with Crippen molar-refractivity contribution in [1.29, 1.82) is 0 Å². The molecule has 1 saturated carbocycles. The third-order valence-corrected chi connectivity index (χ3v) is 3.93. The summed E-state index contributed by atoms with van der Waals surface area (Å²) < 4.78 is 43.3. The number of hydrogen-bond donors (Lipinski definition) is 2. The van der Waals surface area contributed by atoms with Gasteiger partial charge >= 0.3 is 6.18 Å². The second kappa shape index (κ2) is 8.19. The van der Waals surface area contributed by atoms with E-state index in [1.807, 2.05) is 0 Å². The molecule has 1 aliphatic heterocycles. The van der Waals surface area contributed by atoms with Crippen LogP contribution in [0.4, 0.5) is 13.2 Å². The molecule has 1 aliphatic carbocycles. The summed E-state index contributed by atoms with van der Waals surface area (Å²) in [5.41, 5.74) is 0. The van der Waals surface area contributed by atoms with Crippen LogP contribution in [0, 0.1) is 5.92 Å². The van der Waals surface area contributed by atoms with Gasteiger partial charge in [0.05, 0.1) is 19.1 Å². The van der Waals surface area contributed by atoms with Gasteiger partial charge in [0.2, 0.25) is 5.91 Å². The molecule has 8 heteroatoms. The van der Waals surface area contributed by atoms with Crippen LogP contribution in [0.15, 0.2) is 0 Å². The van der Waals surface area contributed by atoms with Crippen molar-refractivity contribution in [1.82, 2.24) is 10.6 Å². The summed E-state index contributed by atoms with van der Waals surface area (Å²) in [5, 5.41) is 5.89. The van der Waals surface area contributed by atoms with E-state index in [1.54, 1.807) is 0 Å². The molecule has 0 aromatic heterocycles. The molecule has 0 aromatic carbocycles. The Bertz CT molecular complexity index is 336. The van der Waals surface area contributed by atoms with Crippen molar-refractivity contribution >= 4 is 18.3 Å². The van der Waals surface area contributed by atoms with Crippen LogP contribution in [0.25, 0.3) is 0 Å². The minimum Gasteiger partial charge on any atom is -0.378 e. The van der Waals surface area contributed by atoms with Crippen molar-refractivity contribution in [2.45, 2.75) is 50.4 Å². The average molecular weight is 331 g/mol. The highest BCUT2D eigenvalue weighted by atomic mass is 35.5. The van der Waals surface area contributed by atoms with E-state index in [2.05, 4.69) is 10.6 Å². The summed E-state index contributed by atoms with van der Waals surface area (Å²) in [6.45, 7) is 1.81. The zero-order valence-corrected chi connectivity index (χ0v) is 12.6. The number of amides is 1. The predicted molar refractivity (Wildman–Crippen MR) is 74.4 cm³/mol. The minimum absolute atomic E-state index is 0. The van der Waals surface area contributed by atoms with Gasteiger partial charge in [0.25, 0.3) is 0 Å². The first kappa shape index (κ1) is 18.5. The fourth-order valence-electron chi connectivity index (χ4n) is 2.88. The molecule has 2 rings (SSSR count). The standard InChI is InChI=1S/C13H21F3N2O2.ClH/c14-13(15,16)9-2-1-3-10(6-9)18-12(19)7-11-8-20-5-4-17-11;/h9-11,17H,1-8H2,(H,18,19);1H. The topological polar surface area (TPSA) is 50.4 Å². The van der Waals surface area contributed by atoms with Crippen molar-refractivity contribution in [3.63, 3.8) is 0 Å². The molecule has 0 spiro atoms. The number of carbonyl (C=O) groups is 1. The van der Waals surface area contributed by atoms with Gasteiger partial charge < -0.3 is 15.4 Å². The SMILES string of the molecule is Cl.O=C(CC1COCCN1)NC1CCCC(C(F)(F)F)C1. The molecule has 2 fully saturated rings. The summed E-state index contributed by atoms with van der Waals surface area (Å²) >= 11 is 0. The Morgan fingerprint density at radius 1 is 1.33 bits per heavy atom. The molecule has 21 heavy (non-hydrogen) atoms. The summed E-state index contributed by atoms with van der Waals surface area (Å²) in [5.74, 6) is -1.47. The van der Waals surface area contributed by atoms with Gasteiger partial charge in [-0.1, -0.05) is 6.42 Å². The Balaban J connectivity index is 0.00000220. The third-order valence-electron chi connectivity index (χ3n) is 3.93. The van der Waals surface area contributed by atoms with E-state index in [1.165, 1.54) is 0 Å². The lowest BCUT2D eigenvalue weighted by molar-refractivity contribution is -0.184.